The van der Waals surface area contributed by atoms with Crippen LogP contribution in [0.25, 0.3) is 0 Å². The third-order valence-corrected chi connectivity index (χ3v) is 5.89. The van der Waals surface area contributed by atoms with Crippen molar-refractivity contribution in [3.63, 3.8) is 0 Å². The van der Waals surface area contributed by atoms with Crippen LogP contribution in [0.2, 0.25) is 0 Å². The van der Waals surface area contributed by atoms with E-state index in [1.54, 1.807) is 36.5 Å². The fourth-order valence-corrected chi connectivity index (χ4v) is 3.87. The van der Waals surface area contributed by atoms with Gasteiger partial charge in [-0.15, -0.1) is 0 Å². The Balaban J connectivity index is 1.29. The number of carbonyl (C=O) groups is 2. The Morgan fingerprint density at radius 3 is 2.26 bits per heavy atom. The number of nitrogens with one attached hydrogen (secondary N) is 3. The van der Waals surface area contributed by atoms with Crippen molar-refractivity contribution in [2.24, 2.45) is 0 Å². The number of amides is 2. The Labute approximate surface area is 205 Å². The fraction of sp³-hybridized carbons (Fsp3) is 0.308. The number of benzene rings is 2. The summed E-state index contributed by atoms with van der Waals surface area (Å²) >= 11 is 0. The van der Waals surface area contributed by atoms with Gasteiger partial charge in [0.25, 0.3) is 11.8 Å². The van der Waals surface area contributed by atoms with Crippen molar-refractivity contribution in [1.29, 1.82) is 0 Å². The number of hydrogen-bond donors (Lipinski definition) is 3. The minimum absolute atomic E-state index is 0.0926. The smallest absolute Gasteiger partial charge is 0.256 e. The molecule has 9 nitrogen and oxygen atoms in total. The van der Waals surface area contributed by atoms with Gasteiger partial charge in [-0.1, -0.05) is 12.1 Å². The van der Waals surface area contributed by atoms with Gasteiger partial charge in [0.15, 0.2) is 0 Å². The van der Waals surface area contributed by atoms with Gasteiger partial charge in [-0.05, 0) is 62.5 Å². The number of nitrogens with zero attached hydrogens (tertiary/aromatic N) is 4. The summed E-state index contributed by atoms with van der Waals surface area (Å²) < 4.78 is 0. The zero-order chi connectivity index (χ0) is 24.5. The molecular formula is C26H31N7O2. The number of hydrogen-bond acceptors (Lipinski definition) is 7. The van der Waals surface area contributed by atoms with E-state index in [1.807, 2.05) is 24.3 Å². The lowest BCUT2D eigenvalue weighted by molar-refractivity contribution is 0.0948. The third-order valence-electron chi connectivity index (χ3n) is 5.89. The fourth-order valence-electron chi connectivity index (χ4n) is 3.87. The van der Waals surface area contributed by atoms with Gasteiger partial charge >= 0.3 is 0 Å². The van der Waals surface area contributed by atoms with E-state index in [0.29, 0.717) is 23.5 Å². The molecule has 0 radical (unpaired) electrons. The molecule has 1 aromatic heterocycles. The molecule has 0 unspecified atom stereocenters. The minimum atomic E-state index is -0.267. The second kappa shape index (κ2) is 12.0. The molecule has 1 saturated heterocycles. The van der Waals surface area contributed by atoms with E-state index < -0.39 is 0 Å². The van der Waals surface area contributed by atoms with E-state index in [1.165, 1.54) is 6.33 Å². The van der Waals surface area contributed by atoms with Gasteiger partial charge < -0.3 is 25.8 Å². The Hall–Kier alpha value is -3.82. The maximum atomic E-state index is 12.6. The van der Waals surface area contributed by atoms with Crippen LogP contribution in [0.5, 0.6) is 0 Å². The van der Waals surface area contributed by atoms with E-state index in [0.717, 1.165) is 50.5 Å². The average Bonchev–Trinajstić information content (AvgIpc) is 2.88. The van der Waals surface area contributed by atoms with Crippen molar-refractivity contribution in [2.45, 2.75) is 6.42 Å². The molecule has 0 bridgehead atoms. The summed E-state index contributed by atoms with van der Waals surface area (Å²) in [5.74, 6) is 0.0765. The van der Waals surface area contributed by atoms with E-state index in [2.05, 4.69) is 42.8 Å². The number of anilines is 3. The van der Waals surface area contributed by atoms with Gasteiger partial charge in [0, 0.05) is 61.4 Å². The average molecular weight is 474 g/mol. The highest BCUT2D eigenvalue weighted by molar-refractivity contribution is 6.04. The Morgan fingerprint density at radius 1 is 0.914 bits per heavy atom. The summed E-state index contributed by atoms with van der Waals surface area (Å²) in [6.45, 7) is 6.01. The molecule has 3 aromatic rings. The maximum absolute atomic E-state index is 12.6. The van der Waals surface area contributed by atoms with Crippen LogP contribution < -0.4 is 16.0 Å². The highest BCUT2D eigenvalue weighted by Gasteiger charge is 2.13. The summed E-state index contributed by atoms with van der Waals surface area (Å²) in [6.07, 6.45) is 3.87. The van der Waals surface area contributed by atoms with Crippen LogP contribution in [0, 0.1) is 0 Å². The van der Waals surface area contributed by atoms with Crippen molar-refractivity contribution < 1.29 is 9.59 Å². The molecule has 2 heterocycles. The zero-order valence-corrected chi connectivity index (χ0v) is 19.9. The first-order valence-corrected chi connectivity index (χ1v) is 11.8. The van der Waals surface area contributed by atoms with Crippen LogP contribution in [0.1, 0.15) is 27.1 Å². The van der Waals surface area contributed by atoms with Crippen molar-refractivity contribution in [2.75, 3.05) is 56.9 Å². The molecular weight excluding hydrogens is 442 g/mol. The van der Waals surface area contributed by atoms with Crippen molar-refractivity contribution >= 4 is 29.0 Å². The number of carbonyl (C=O) groups excluding carboxylic acids is 2. The molecule has 0 aliphatic carbocycles. The van der Waals surface area contributed by atoms with Crippen LogP contribution in [-0.2, 0) is 0 Å². The van der Waals surface area contributed by atoms with Gasteiger partial charge in [0.1, 0.15) is 12.1 Å². The standard InChI is InChI=1S/C26H31N7O2/c1-32-13-15-33(16-14-32)12-4-10-28-25(34)20-5-2-7-22(17-20)30-23-8-3-6-21(18-23)26(35)31-24-9-11-27-19-29-24/h2-3,5-9,11,17-19,30H,4,10,12-16H2,1H3,(H,28,34)(H,27,29,31,35). The van der Waals surface area contributed by atoms with E-state index in [4.69, 9.17) is 0 Å². The predicted molar refractivity (Wildman–Crippen MR) is 137 cm³/mol. The number of rotatable bonds is 9. The van der Waals surface area contributed by atoms with E-state index in [9.17, 15) is 9.59 Å². The quantitative estimate of drug-likeness (QED) is 0.411. The highest BCUT2D eigenvalue weighted by Crippen LogP contribution is 2.19. The lowest BCUT2D eigenvalue weighted by Gasteiger charge is -2.32. The Bertz CT molecular complexity index is 1130. The minimum Gasteiger partial charge on any atom is -0.355 e. The first-order chi connectivity index (χ1) is 17.1. The van der Waals surface area contributed by atoms with Crippen molar-refractivity contribution in [3.8, 4) is 0 Å². The van der Waals surface area contributed by atoms with Crippen LogP contribution in [0.4, 0.5) is 17.2 Å². The number of likely N-dealkylation sites (N-methyl/N-ethyl adjacent to an activating group) is 1. The van der Waals surface area contributed by atoms with Gasteiger partial charge in [-0.2, -0.15) is 0 Å². The molecule has 1 aliphatic rings. The van der Waals surface area contributed by atoms with Crippen molar-refractivity contribution in [1.82, 2.24) is 25.1 Å². The topological polar surface area (TPSA) is 102 Å². The first-order valence-electron chi connectivity index (χ1n) is 11.8. The zero-order valence-electron chi connectivity index (χ0n) is 19.9. The summed E-state index contributed by atoms with van der Waals surface area (Å²) in [7, 11) is 2.15. The molecule has 2 aromatic carbocycles. The first kappa shape index (κ1) is 24.3. The molecule has 9 heteroatoms. The summed E-state index contributed by atoms with van der Waals surface area (Å²) in [5, 5.41) is 9.04. The molecule has 4 rings (SSSR count). The van der Waals surface area contributed by atoms with Crippen LogP contribution in [0.3, 0.4) is 0 Å². The van der Waals surface area contributed by atoms with Gasteiger partial charge in [-0.3, -0.25) is 9.59 Å². The van der Waals surface area contributed by atoms with Gasteiger partial charge in [0.2, 0.25) is 0 Å². The molecule has 1 fully saturated rings. The van der Waals surface area contributed by atoms with Crippen LogP contribution >= 0.6 is 0 Å². The molecule has 0 atom stereocenters. The summed E-state index contributed by atoms with van der Waals surface area (Å²) in [5.41, 5.74) is 2.59. The van der Waals surface area contributed by atoms with E-state index in [-0.39, 0.29) is 11.8 Å². The highest BCUT2D eigenvalue weighted by atomic mass is 16.2. The maximum Gasteiger partial charge on any atom is 0.256 e. The number of aromatic nitrogens is 2. The van der Waals surface area contributed by atoms with Gasteiger partial charge in [-0.25, -0.2) is 9.97 Å². The third kappa shape index (κ3) is 7.33. The SMILES string of the molecule is CN1CCN(CCCNC(=O)c2cccc(Nc3cccc(C(=O)Nc4ccncn4)c3)c2)CC1. The summed E-state index contributed by atoms with van der Waals surface area (Å²) in [6, 6.07) is 16.1. The number of piperazine rings is 1. The van der Waals surface area contributed by atoms with Crippen LogP contribution in [0.15, 0.2) is 67.1 Å². The second-order valence-electron chi connectivity index (χ2n) is 8.59. The van der Waals surface area contributed by atoms with Crippen LogP contribution in [-0.4, -0.2) is 77.9 Å². The molecule has 3 N–H and O–H groups in total. The van der Waals surface area contributed by atoms with Gasteiger partial charge in [0.05, 0.1) is 0 Å². The largest absolute Gasteiger partial charge is 0.355 e. The molecule has 35 heavy (non-hydrogen) atoms. The Kier molecular flexibility index (Phi) is 8.37. The molecule has 2 amide bonds. The van der Waals surface area contributed by atoms with E-state index >= 15 is 0 Å². The normalized spacial score (nSPS) is 14.3. The monoisotopic (exact) mass is 473 g/mol. The van der Waals surface area contributed by atoms with Crippen molar-refractivity contribution in [3.05, 3.63) is 78.2 Å². The lowest BCUT2D eigenvalue weighted by atomic mass is 10.1. The summed E-state index contributed by atoms with van der Waals surface area (Å²) in [4.78, 5) is 37.8. The Morgan fingerprint density at radius 2 is 1.60 bits per heavy atom. The molecule has 0 saturated carbocycles. The lowest BCUT2D eigenvalue weighted by Crippen LogP contribution is -2.45. The predicted octanol–water partition coefficient (Wildman–Crippen LogP) is 2.84. The molecule has 182 valence electrons. The second-order valence-corrected chi connectivity index (χ2v) is 8.59. The molecule has 1 aliphatic heterocycles. The molecule has 0 spiro atoms.